The van der Waals surface area contributed by atoms with Gasteiger partial charge in [0.1, 0.15) is 11.9 Å². The van der Waals surface area contributed by atoms with Crippen LogP contribution in [0.2, 0.25) is 18.1 Å². The lowest BCUT2D eigenvalue weighted by molar-refractivity contribution is -0.165. The van der Waals surface area contributed by atoms with Crippen molar-refractivity contribution >= 4 is 8.32 Å². The van der Waals surface area contributed by atoms with Gasteiger partial charge in [0.2, 0.25) is 0 Å². The predicted octanol–water partition coefficient (Wildman–Crippen LogP) is 5.79. The fourth-order valence-electron chi connectivity index (χ4n) is 6.73. The molecule has 174 valence electrons. The summed E-state index contributed by atoms with van der Waals surface area (Å²) in [7, 11) is -0.236. The van der Waals surface area contributed by atoms with E-state index in [0.29, 0.717) is 5.92 Å². The molecule has 0 spiro atoms. The van der Waals surface area contributed by atoms with E-state index in [9.17, 15) is 10.2 Å². The minimum Gasteiger partial charge on any atom is -0.497 e. The molecule has 7 atom stereocenters. The average Bonchev–Trinajstić information content (AvgIpc) is 3.00. The van der Waals surface area contributed by atoms with E-state index in [-0.39, 0.29) is 28.4 Å². The standard InChI is InChI=1S/C26H42O4Si/c1-24(2,3)31(7,8)30-21-12-11-20-22-18(13-14-25(20,21)4)17-10-9-16(29-6)15-19(17)23(27)26(22,5)28/h9-10,15,18,20-23,27-28H,11-14H2,1-8H3/t18-,20+,21+,22-,23-,25+,26-/m1/s1. The summed E-state index contributed by atoms with van der Waals surface area (Å²) in [5.74, 6) is 1.39. The maximum atomic E-state index is 11.7. The zero-order valence-corrected chi connectivity index (χ0v) is 21.7. The van der Waals surface area contributed by atoms with Crippen molar-refractivity contribution in [1.82, 2.24) is 0 Å². The molecule has 2 fully saturated rings. The first-order valence-corrected chi connectivity index (χ1v) is 14.9. The fourth-order valence-corrected chi connectivity index (χ4v) is 8.18. The van der Waals surface area contributed by atoms with Gasteiger partial charge in [-0.2, -0.15) is 0 Å². The van der Waals surface area contributed by atoms with Crippen molar-refractivity contribution in [2.45, 2.75) is 102 Å². The molecule has 31 heavy (non-hydrogen) atoms. The minimum atomic E-state index is -1.88. The Morgan fingerprint density at radius 1 is 1.06 bits per heavy atom. The number of methoxy groups -OCH3 is 1. The van der Waals surface area contributed by atoms with Gasteiger partial charge in [-0.1, -0.05) is 33.8 Å². The van der Waals surface area contributed by atoms with Crippen molar-refractivity contribution in [1.29, 1.82) is 0 Å². The van der Waals surface area contributed by atoms with Crippen molar-refractivity contribution in [3.63, 3.8) is 0 Å². The number of benzene rings is 1. The predicted molar refractivity (Wildman–Crippen MR) is 127 cm³/mol. The van der Waals surface area contributed by atoms with Crippen LogP contribution in [-0.4, -0.2) is 37.3 Å². The van der Waals surface area contributed by atoms with Gasteiger partial charge in [0, 0.05) is 5.92 Å². The molecule has 3 aliphatic rings. The number of rotatable bonds is 3. The molecule has 0 bridgehead atoms. The second-order valence-electron chi connectivity index (χ2n) is 12.4. The number of hydrogen-bond acceptors (Lipinski definition) is 4. The summed E-state index contributed by atoms with van der Waals surface area (Å²) < 4.78 is 12.4. The molecule has 0 amide bonds. The van der Waals surface area contributed by atoms with Crippen LogP contribution < -0.4 is 4.74 Å². The molecule has 0 aliphatic heterocycles. The highest BCUT2D eigenvalue weighted by Gasteiger charge is 2.63. The molecular weight excluding hydrogens is 404 g/mol. The maximum Gasteiger partial charge on any atom is 0.192 e. The van der Waals surface area contributed by atoms with Gasteiger partial charge in [-0.3, -0.25) is 0 Å². The quantitative estimate of drug-likeness (QED) is 0.577. The highest BCUT2D eigenvalue weighted by Crippen LogP contribution is 2.65. The van der Waals surface area contributed by atoms with Crippen LogP contribution in [0.25, 0.3) is 0 Å². The first kappa shape index (κ1) is 23.3. The van der Waals surface area contributed by atoms with Gasteiger partial charge in [0.05, 0.1) is 18.8 Å². The number of ether oxygens (including phenoxy) is 1. The van der Waals surface area contributed by atoms with E-state index in [1.54, 1.807) is 7.11 Å². The number of aliphatic hydroxyl groups excluding tert-OH is 1. The molecule has 0 heterocycles. The van der Waals surface area contributed by atoms with Crippen molar-refractivity contribution in [3.05, 3.63) is 29.3 Å². The Bertz CT molecular complexity index is 842. The Kier molecular flexibility index (Phi) is 5.49. The van der Waals surface area contributed by atoms with E-state index in [2.05, 4.69) is 46.9 Å². The van der Waals surface area contributed by atoms with Gasteiger partial charge >= 0.3 is 0 Å². The third-order valence-corrected chi connectivity index (χ3v) is 14.1. The molecule has 0 unspecified atom stereocenters. The van der Waals surface area contributed by atoms with Gasteiger partial charge in [0.25, 0.3) is 0 Å². The van der Waals surface area contributed by atoms with Crippen molar-refractivity contribution < 1.29 is 19.4 Å². The molecule has 0 radical (unpaired) electrons. The van der Waals surface area contributed by atoms with Crippen LogP contribution >= 0.6 is 0 Å². The van der Waals surface area contributed by atoms with Crippen LogP contribution in [0.3, 0.4) is 0 Å². The lowest BCUT2D eigenvalue weighted by Gasteiger charge is -2.57. The van der Waals surface area contributed by atoms with Gasteiger partial charge in [0.15, 0.2) is 8.32 Å². The van der Waals surface area contributed by atoms with Crippen LogP contribution in [0.5, 0.6) is 5.75 Å². The Balaban J connectivity index is 1.70. The van der Waals surface area contributed by atoms with Gasteiger partial charge in [-0.15, -0.1) is 0 Å². The largest absolute Gasteiger partial charge is 0.497 e. The van der Waals surface area contributed by atoms with Gasteiger partial charge < -0.3 is 19.4 Å². The summed E-state index contributed by atoms with van der Waals surface area (Å²) >= 11 is 0. The van der Waals surface area contributed by atoms with Crippen molar-refractivity contribution in [3.8, 4) is 5.75 Å². The second-order valence-corrected chi connectivity index (χ2v) is 17.1. The SMILES string of the molecule is COc1ccc2c(c1)[C@@H](O)[C@](C)(O)[C@@H]1[C@@H]2CC[C@]2(C)[C@@H](O[Si](C)(C)C(C)(C)C)CC[C@@H]12. The van der Waals surface area contributed by atoms with E-state index in [1.807, 2.05) is 19.1 Å². The molecule has 3 aliphatic carbocycles. The monoisotopic (exact) mass is 446 g/mol. The Morgan fingerprint density at radius 3 is 2.35 bits per heavy atom. The van der Waals surface area contributed by atoms with Crippen LogP contribution in [0.15, 0.2) is 18.2 Å². The van der Waals surface area contributed by atoms with Crippen LogP contribution in [0.4, 0.5) is 0 Å². The van der Waals surface area contributed by atoms with Gasteiger partial charge in [-0.05, 0) is 91.2 Å². The number of aliphatic hydroxyl groups is 2. The Morgan fingerprint density at radius 2 is 1.74 bits per heavy atom. The summed E-state index contributed by atoms with van der Waals surface area (Å²) in [6.45, 7) is 15.9. The molecule has 0 aromatic heterocycles. The van der Waals surface area contributed by atoms with E-state index in [1.165, 1.54) is 5.56 Å². The molecule has 5 heteroatoms. The fraction of sp³-hybridized carbons (Fsp3) is 0.769. The maximum absolute atomic E-state index is 11.7. The topological polar surface area (TPSA) is 58.9 Å². The second kappa shape index (κ2) is 7.31. The molecule has 1 aromatic carbocycles. The Labute approximate surface area is 189 Å². The lowest BCUT2D eigenvalue weighted by atomic mass is 9.51. The summed E-state index contributed by atoms with van der Waals surface area (Å²) in [6, 6.07) is 6.02. The summed E-state index contributed by atoms with van der Waals surface area (Å²) in [5.41, 5.74) is 0.911. The highest BCUT2D eigenvalue weighted by molar-refractivity contribution is 6.74. The molecule has 4 rings (SSSR count). The zero-order valence-electron chi connectivity index (χ0n) is 20.7. The number of hydrogen-bond donors (Lipinski definition) is 2. The summed E-state index contributed by atoms with van der Waals surface area (Å²) in [5, 5.41) is 23.2. The van der Waals surface area contributed by atoms with Crippen molar-refractivity contribution in [2.24, 2.45) is 17.3 Å². The molecule has 0 saturated heterocycles. The van der Waals surface area contributed by atoms with Crippen LogP contribution in [-0.2, 0) is 4.43 Å². The third kappa shape index (κ3) is 3.42. The minimum absolute atomic E-state index is 0.0372. The van der Waals surface area contributed by atoms with E-state index in [4.69, 9.17) is 9.16 Å². The van der Waals surface area contributed by atoms with E-state index < -0.39 is 20.0 Å². The molecule has 2 N–H and O–H groups in total. The molecular formula is C26H42O4Si. The smallest absolute Gasteiger partial charge is 0.192 e. The first-order valence-electron chi connectivity index (χ1n) is 12.0. The zero-order chi connectivity index (χ0) is 23.0. The van der Waals surface area contributed by atoms with E-state index in [0.717, 1.165) is 37.0 Å². The Hall–Kier alpha value is -0.883. The van der Waals surface area contributed by atoms with Crippen LogP contribution in [0, 0.1) is 17.3 Å². The normalized spacial score (nSPS) is 40.1. The average molecular weight is 447 g/mol. The lowest BCUT2D eigenvalue weighted by Crippen LogP contribution is -2.57. The summed E-state index contributed by atoms with van der Waals surface area (Å²) in [4.78, 5) is 0. The third-order valence-electron chi connectivity index (χ3n) is 9.64. The summed E-state index contributed by atoms with van der Waals surface area (Å²) in [6.07, 6.45) is 3.59. The van der Waals surface area contributed by atoms with Crippen molar-refractivity contribution in [2.75, 3.05) is 7.11 Å². The van der Waals surface area contributed by atoms with Crippen LogP contribution in [0.1, 0.15) is 83.5 Å². The van der Waals surface area contributed by atoms with Gasteiger partial charge in [-0.25, -0.2) is 0 Å². The highest BCUT2D eigenvalue weighted by atomic mass is 28.4. The molecule has 1 aromatic rings. The van der Waals surface area contributed by atoms with E-state index >= 15 is 0 Å². The molecule has 2 saturated carbocycles. The number of fused-ring (bicyclic) bond motifs is 5. The first-order chi connectivity index (χ1) is 14.2. The molecule has 4 nitrogen and oxygen atoms in total.